The van der Waals surface area contributed by atoms with Gasteiger partial charge in [0.05, 0.1) is 5.56 Å². The molecule has 0 saturated carbocycles. The van der Waals surface area contributed by atoms with E-state index in [-0.39, 0.29) is 5.78 Å². The van der Waals surface area contributed by atoms with Crippen molar-refractivity contribution in [3.63, 3.8) is 0 Å². The van der Waals surface area contributed by atoms with Crippen LogP contribution in [0.2, 0.25) is 0 Å². The summed E-state index contributed by atoms with van der Waals surface area (Å²) < 4.78 is 17.9. The summed E-state index contributed by atoms with van der Waals surface area (Å²) in [4.78, 5) is 12.8. The van der Waals surface area contributed by atoms with E-state index in [9.17, 15) is 4.79 Å². The van der Waals surface area contributed by atoms with Gasteiger partial charge in [-0.05, 0) is 47.5 Å². The predicted molar refractivity (Wildman–Crippen MR) is 116 cm³/mol. The van der Waals surface area contributed by atoms with Crippen LogP contribution in [0.15, 0.2) is 77.3 Å². The Hall–Kier alpha value is -3.05. The first-order valence-electron chi connectivity index (χ1n) is 9.27. The number of carbonyl (C=O) groups excluding carboxylic acids is 1. The Labute approximate surface area is 177 Å². The average Bonchev–Trinajstić information content (AvgIpc) is 2.77. The molecular weight excluding hydrogens is 432 g/mol. The lowest BCUT2D eigenvalue weighted by Gasteiger charge is -2.18. The van der Waals surface area contributed by atoms with E-state index < -0.39 is 0 Å². The molecule has 0 N–H and O–H groups in total. The quantitative estimate of drug-likeness (QED) is 0.357. The van der Waals surface area contributed by atoms with Crippen molar-refractivity contribution >= 4 is 27.8 Å². The van der Waals surface area contributed by atoms with Gasteiger partial charge in [0, 0.05) is 4.47 Å². The van der Waals surface area contributed by atoms with Crippen LogP contribution in [0.1, 0.15) is 21.5 Å². The Bertz CT molecular complexity index is 1040. The third-order valence-corrected chi connectivity index (χ3v) is 4.93. The van der Waals surface area contributed by atoms with E-state index in [1.54, 1.807) is 24.3 Å². The van der Waals surface area contributed by atoms with Gasteiger partial charge in [0.2, 0.25) is 0 Å². The first-order valence-corrected chi connectivity index (χ1v) is 10.1. The van der Waals surface area contributed by atoms with Crippen LogP contribution in [0.3, 0.4) is 0 Å². The monoisotopic (exact) mass is 450 g/mol. The molecule has 4 rings (SSSR count). The van der Waals surface area contributed by atoms with E-state index in [1.807, 2.05) is 54.6 Å². The highest BCUT2D eigenvalue weighted by Crippen LogP contribution is 2.31. The number of fused-ring (bicyclic) bond motifs is 1. The molecule has 1 aliphatic rings. The van der Waals surface area contributed by atoms with Crippen LogP contribution in [-0.2, 0) is 6.61 Å². The number of halogens is 1. The first-order chi connectivity index (χ1) is 14.2. The van der Waals surface area contributed by atoms with E-state index in [4.69, 9.17) is 14.2 Å². The number of carbonyl (C=O) groups is 1. The molecule has 0 radical (unpaired) electrons. The second-order valence-electron chi connectivity index (χ2n) is 6.52. The molecule has 1 aliphatic heterocycles. The van der Waals surface area contributed by atoms with Gasteiger partial charge in [-0.25, -0.2) is 0 Å². The Morgan fingerprint density at radius 2 is 1.76 bits per heavy atom. The van der Waals surface area contributed by atoms with Crippen molar-refractivity contribution in [3.05, 3.63) is 94.0 Å². The van der Waals surface area contributed by atoms with Crippen molar-refractivity contribution in [1.29, 1.82) is 0 Å². The highest BCUT2D eigenvalue weighted by atomic mass is 79.9. The highest BCUT2D eigenvalue weighted by molar-refractivity contribution is 9.10. The van der Waals surface area contributed by atoms with Gasteiger partial charge in [-0.2, -0.15) is 0 Å². The van der Waals surface area contributed by atoms with Crippen LogP contribution < -0.4 is 14.2 Å². The molecule has 0 saturated heterocycles. The fraction of sp³-hybridized carbons (Fsp3) is 0.125. The Morgan fingerprint density at radius 1 is 0.966 bits per heavy atom. The molecule has 0 spiro atoms. The van der Waals surface area contributed by atoms with Crippen LogP contribution in [-0.4, -0.2) is 19.0 Å². The predicted octanol–water partition coefficient (Wildman–Crippen LogP) is 5.70. The number of allylic oxidation sites excluding steroid dienone is 1. The summed E-state index contributed by atoms with van der Waals surface area (Å²) in [5.41, 5.74) is 2.41. The summed E-state index contributed by atoms with van der Waals surface area (Å²) in [6.07, 6.45) is 3.31. The molecule has 0 fully saturated rings. The number of benzene rings is 3. The summed E-state index contributed by atoms with van der Waals surface area (Å²) >= 11 is 3.44. The molecule has 0 unspecified atom stereocenters. The molecule has 0 atom stereocenters. The molecule has 3 aromatic carbocycles. The first kappa shape index (κ1) is 19.3. The fourth-order valence-electron chi connectivity index (χ4n) is 2.98. The zero-order valence-electron chi connectivity index (χ0n) is 15.6. The van der Waals surface area contributed by atoms with Gasteiger partial charge in [-0.3, -0.25) is 4.79 Å². The van der Waals surface area contributed by atoms with E-state index >= 15 is 0 Å². The van der Waals surface area contributed by atoms with Gasteiger partial charge in [0.15, 0.2) is 17.3 Å². The van der Waals surface area contributed by atoms with Crippen molar-refractivity contribution in [2.45, 2.75) is 6.61 Å². The summed E-state index contributed by atoms with van der Waals surface area (Å²) in [5.74, 6) is 1.83. The Kier molecular flexibility index (Phi) is 5.96. The molecular formula is C24H19BrO4. The summed E-state index contributed by atoms with van der Waals surface area (Å²) in [6, 6.07) is 20.9. The van der Waals surface area contributed by atoms with E-state index in [2.05, 4.69) is 15.9 Å². The second kappa shape index (κ2) is 8.97. The minimum Gasteiger partial charge on any atom is -0.488 e. The van der Waals surface area contributed by atoms with Crippen LogP contribution in [0, 0.1) is 0 Å². The summed E-state index contributed by atoms with van der Waals surface area (Å²) in [7, 11) is 0. The van der Waals surface area contributed by atoms with E-state index in [0.717, 1.165) is 21.3 Å². The minimum atomic E-state index is -0.135. The lowest BCUT2D eigenvalue weighted by molar-refractivity contribution is 0.104. The molecule has 0 amide bonds. The lowest BCUT2D eigenvalue weighted by atomic mass is 10.1. The number of ether oxygens (including phenoxy) is 3. The van der Waals surface area contributed by atoms with Crippen LogP contribution in [0.4, 0.5) is 0 Å². The fourth-order valence-corrected chi connectivity index (χ4v) is 3.34. The number of ketones is 1. The van der Waals surface area contributed by atoms with E-state index in [1.165, 1.54) is 0 Å². The van der Waals surface area contributed by atoms with Crippen molar-refractivity contribution in [2.75, 3.05) is 13.2 Å². The molecule has 4 nitrogen and oxygen atoms in total. The molecule has 0 bridgehead atoms. The maximum atomic E-state index is 12.8. The van der Waals surface area contributed by atoms with Crippen molar-refractivity contribution < 1.29 is 19.0 Å². The molecule has 29 heavy (non-hydrogen) atoms. The van der Waals surface area contributed by atoms with Gasteiger partial charge in [0.25, 0.3) is 0 Å². The number of hydrogen-bond acceptors (Lipinski definition) is 4. The van der Waals surface area contributed by atoms with Gasteiger partial charge in [-0.15, -0.1) is 0 Å². The Balaban J connectivity index is 1.51. The zero-order chi connectivity index (χ0) is 20.1. The third-order valence-electron chi connectivity index (χ3n) is 4.44. The third kappa shape index (κ3) is 4.87. The molecule has 3 aromatic rings. The highest BCUT2D eigenvalue weighted by Gasteiger charge is 2.13. The zero-order valence-corrected chi connectivity index (χ0v) is 17.2. The van der Waals surface area contributed by atoms with Crippen molar-refractivity contribution in [2.24, 2.45) is 0 Å². The van der Waals surface area contributed by atoms with Crippen LogP contribution >= 0.6 is 15.9 Å². The van der Waals surface area contributed by atoms with Gasteiger partial charge < -0.3 is 14.2 Å². The molecule has 1 heterocycles. The minimum absolute atomic E-state index is 0.135. The van der Waals surface area contributed by atoms with E-state index in [0.29, 0.717) is 36.9 Å². The molecule has 0 aliphatic carbocycles. The maximum absolute atomic E-state index is 12.8. The normalized spacial score (nSPS) is 12.7. The van der Waals surface area contributed by atoms with Crippen LogP contribution in [0.25, 0.3) is 6.08 Å². The largest absolute Gasteiger partial charge is 0.488 e. The summed E-state index contributed by atoms with van der Waals surface area (Å²) in [6.45, 7) is 1.48. The number of hydrogen-bond donors (Lipinski definition) is 0. The molecule has 5 heteroatoms. The Morgan fingerprint density at radius 3 is 2.59 bits per heavy atom. The van der Waals surface area contributed by atoms with Gasteiger partial charge >= 0.3 is 0 Å². The smallest absolute Gasteiger partial charge is 0.189 e. The molecule has 146 valence electrons. The lowest BCUT2D eigenvalue weighted by Crippen LogP contribution is -2.15. The maximum Gasteiger partial charge on any atom is 0.189 e. The second-order valence-corrected chi connectivity index (χ2v) is 7.43. The van der Waals surface area contributed by atoms with Gasteiger partial charge in [-0.1, -0.05) is 58.4 Å². The topological polar surface area (TPSA) is 44.8 Å². The standard InChI is InChI=1S/C24H19BrO4/c25-19-8-11-22(29-16-18-4-2-1-3-5-18)20(15-19)21(26)9-6-17-7-10-23-24(14-17)28-13-12-27-23/h1-11,14-15H,12-13,16H2/b9-6+. The summed E-state index contributed by atoms with van der Waals surface area (Å²) in [5, 5.41) is 0. The van der Waals surface area contributed by atoms with Crippen molar-refractivity contribution in [1.82, 2.24) is 0 Å². The van der Waals surface area contributed by atoms with Gasteiger partial charge in [0.1, 0.15) is 25.6 Å². The van der Waals surface area contributed by atoms with Crippen LogP contribution in [0.5, 0.6) is 17.2 Å². The molecule has 0 aromatic heterocycles. The average molecular weight is 451 g/mol. The number of rotatable bonds is 6. The SMILES string of the molecule is O=C(/C=C/c1ccc2c(c1)OCCO2)c1cc(Br)ccc1OCc1ccccc1. The van der Waals surface area contributed by atoms with Crippen molar-refractivity contribution in [3.8, 4) is 17.2 Å².